The molecule has 0 spiro atoms. The zero-order chi connectivity index (χ0) is 10.5. The third-order valence-electron chi connectivity index (χ3n) is 3.89. The lowest BCUT2D eigenvalue weighted by Crippen LogP contribution is -2.24. The minimum atomic E-state index is 0.404. The topological polar surface area (TPSA) is 26.3 Å². The highest BCUT2D eigenvalue weighted by Crippen LogP contribution is 2.28. The summed E-state index contributed by atoms with van der Waals surface area (Å²) in [4.78, 5) is 12.0. The van der Waals surface area contributed by atoms with Crippen LogP contribution in [-0.2, 0) is 9.53 Å². The van der Waals surface area contributed by atoms with Crippen molar-refractivity contribution in [2.45, 2.75) is 51.4 Å². The Hall–Kier alpha value is -0.370. The van der Waals surface area contributed by atoms with Gasteiger partial charge < -0.3 is 4.74 Å². The van der Waals surface area contributed by atoms with Crippen LogP contribution < -0.4 is 0 Å². The number of Topliss-reactive ketones (excluding diaryl/α,β-unsaturated/α-hetero) is 1. The van der Waals surface area contributed by atoms with Crippen LogP contribution in [0.25, 0.3) is 0 Å². The number of ketones is 1. The molecule has 15 heavy (non-hydrogen) atoms. The fourth-order valence-corrected chi connectivity index (χ4v) is 2.83. The monoisotopic (exact) mass is 210 g/mol. The first-order chi connectivity index (χ1) is 7.36. The quantitative estimate of drug-likeness (QED) is 0.716. The van der Waals surface area contributed by atoms with Crippen molar-refractivity contribution >= 4 is 5.78 Å². The summed E-state index contributed by atoms with van der Waals surface area (Å²) < 4.78 is 5.32. The Labute approximate surface area is 92.4 Å². The van der Waals surface area contributed by atoms with Crippen LogP contribution in [0.3, 0.4) is 0 Å². The summed E-state index contributed by atoms with van der Waals surface area (Å²) in [5, 5.41) is 0. The van der Waals surface area contributed by atoms with Crippen LogP contribution in [0.1, 0.15) is 51.4 Å². The number of carbonyl (C=O) groups excluding carboxylic acids is 1. The van der Waals surface area contributed by atoms with Crippen LogP contribution in [0.4, 0.5) is 0 Å². The van der Waals surface area contributed by atoms with Crippen molar-refractivity contribution < 1.29 is 9.53 Å². The molecule has 1 aliphatic carbocycles. The summed E-state index contributed by atoms with van der Waals surface area (Å²) in [6, 6.07) is 0. The van der Waals surface area contributed by atoms with Gasteiger partial charge in [-0.15, -0.1) is 0 Å². The second kappa shape index (κ2) is 5.64. The van der Waals surface area contributed by atoms with E-state index in [0.29, 0.717) is 17.6 Å². The molecule has 1 saturated carbocycles. The van der Waals surface area contributed by atoms with Crippen LogP contribution in [-0.4, -0.2) is 19.0 Å². The van der Waals surface area contributed by atoms with E-state index in [1.807, 2.05) is 0 Å². The summed E-state index contributed by atoms with van der Waals surface area (Å²) in [5.41, 5.74) is 0. The van der Waals surface area contributed by atoms with Crippen molar-refractivity contribution in [3.8, 4) is 0 Å². The van der Waals surface area contributed by atoms with E-state index in [9.17, 15) is 4.79 Å². The summed E-state index contributed by atoms with van der Waals surface area (Å²) in [6.07, 6.45) is 9.20. The van der Waals surface area contributed by atoms with Crippen molar-refractivity contribution in [1.82, 2.24) is 0 Å². The number of hydrogen-bond donors (Lipinski definition) is 0. The van der Waals surface area contributed by atoms with Gasteiger partial charge in [0.05, 0.1) is 0 Å². The molecule has 0 atom stereocenters. The molecular weight excluding hydrogens is 188 g/mol. The van der Waals surface area contributed by atoms with Gasteiger partial charge >= 0.3 is 0 Å². The Bertz CT molecular complexity index is 201. The summed E-state index contributed by atoms with van der Waals surface area (Å²) in [7, 11) is 0. The largest absolute Gasteiger partial charge is 0.381 e. The molecule has 2 nitrogen and oxygen atoms in total. The molecule has 1 heterocycles. The molecule has 2 aliphatic rings. The number of hydrogen-bond acceptors (Lipinski definition) is 2. The molecule has 0 aromatic heterocycles. The Morgan fingerprint density at radius 3 is 2.33 bits per heavy atom. The van der Waals surface area contributed by atoms with Crippen molar-refractivity contribution in [3.63, 3.8) is 0 Å². The molecule has 0 radical (unpaired) electrons. The van der Waals surface area contributed by atoms with E-state index < -0.39 is 0 Å². The van der Waals surface area contributed by atoms with E-state index in [4.69, 9.17) is 4.74 Å². The molecule has 2 rings (SSSR count). The first-order valence-electron chi connectivity index (χ1n) is 6.46. The fraction of sp³-hybridized carbons (Fsp3) is 0.923. The van der Waals surface area contributed by atoms with E-state index in [0.717, 1.165) is 45.3 Å². The lowest BCUT2D eigenvalue weighted by atomic mass is 9.82. The predicted octanol–water partition coefficient (Wildman–Crippen LogP) is 2.95. The minimum Gasteiger partial charge on any atom is -0.381 e. The van der Waals surface area contributed by atoms with E-state index in [-0.39, 0.29) is 0 Å². The molecule has 0 N–H and O–H groups in total. The molecule has 0 aromatic carbocycles. The number of ether oxygens (including phenoxy) is 1. The van der Waals surface area contributed by atoms with Gasteiger partial charge in [0.1, 0.15) is 5.78 Å². The molecule has 86 valence electrons. The molecule has 0 bridgehead atoms. The lowest BCUT2D eigenvalue weighted by Gasteiger charge is -2.25. The van der Waals surface area contributed by atoms with Crippen molar-refractivity contribution in [3.05, 3.63) is 0 Å². The average Bonchev–Trinajstić information content (AvgIpc) is 2.31. The smallest absolute Gasteiger partial charge is 0.136 e. The fourth-order valence-electron chi connectivity index (χ4n) is 2.83. The van der Waals surface area contributed by atoms with Gasteiger partial charge in [0.25, 0.3) is 0 Å². The minimum absolute atomic E-state index is 0.404. The number of rotatable bonds is 3. The Morgan fingerprint density at radius 2 is 1.67 bits per heavy atom. The summed E-state index contributed by atoms with van der Waals surface area (Å²) >= 11 is 0. The Morgan fingerprint density at radius 1 is 1.00 bits per heavy atom. The molecule has 1 aliphatic heterocycles. The zero-order valence-electron chi connectivity index (χ0n) is 9.54. The van der Waals surface area contributed by atoms with Crippen molar-refractivity contribution in [2.75, 3.05) is 13.2 Å². The molecule has 0 aromatic rings. The summed E-state index contributed by atoms with van der Waals surface area (Å²) in [5.74, 6) is 1.57. The zero-order valence-corrected chi connectivity index (χ0v) is 9.54. The highest BCUT2D eigenvalue weighted by molar-refractivity contribution is 5.81. The van der Waals surface area contributed by atoms with Crippen molar-refractivity contribution in [1.29, 1.82) is 0 Å². The lowest BCUT2D eigenvalue weighted by molar-refractivity contribution is -0.125. The second-order valence-corrected chi connectivity index (χ2v) is 5.06. The van der Waals surface area contributed by atoms with Crippen LogP contribution in [0.2, 0.25) is 0 Å². The maximum absolute atomic E-state index is 12.0. The van der Waals surface area contributed by atoms with Gasteiger partial charge in [-0.25, -0.2) is 0 Å². The van der Waals surface area contributed by atoms with E-state index >= 15 is 0 Å². The third kappa shape index (κ3) is 3.30. The van der Waals surface area contributed by atoms with Gasteiger partial charge in [-0.3, -0.25) is 4.79 Å². The van der Waals surface area contributed by atoms with Gasteiger partial charge in [0, 0.05) is 25.6 Å². The van der Waals surface area contributed by atoms with Gasteiger partial charge in [-0.1, -0.05) is 19.3 Å². The molecular formula is C13H22O2. The number of carbonyl (C=O) groups is 1. The van der Waals surface area contributed by atoms with Gasteiger partial charge in [-0.05, 0) is 31.6 Å². The van der Waals surface area contributed by atoms with Gasteiger partial charge in [0.2, 0.25) is 0 Å². The predicted molar refractivity (Wildman–Crippen MR) is 59.7 cm³/mol. The maximum atomic E-state index is 12.0. The third-order valence-corrected chi connectivity index (χ3v) is 3.89. The average molecular weight is 210 g/mol. The van der Waals surface area contributed by atoms with Gasteiger partial charge in [-0.2, -0.15) is 0 Å². The molecule has 0 unspecified atom stereocenters. The van der Waals surface area contributed by atoms with Crippen molar-refractivity contribution in [2.24, 2.45) is 11.8 Å². The van der Waals surface area contributed by atoms with Crippen LogP contribution in [0, 0.1) is 11.8 Å². The molecule has 1 saturated heterocycles. The van der Waals surface area contributed by atoms with Gasteiger partial charge in [0.15, 0.2) is 0 Å². The Balaban J connectivity index is 1.74. The standard InChI is InChI=1S/C13H22O2/c14-13(12-4-2-1-3-5-12)10-11-6-8-15-9-7-11/h11-12H,1-10H2. The highest BCUT2D eigenvalue weighted by Gasteiger charge is 2.24. The maximum Gasteiger partial charge on any atom is 0.136 e. The normalized spacial score (nSPS) is 25.3. The first-order valence-corrected chi connectivity index (χ1v) is 6.46. The van der Waals surface area contributed by atoms with Crippen LogP contribution in [0.5, 0.6) is 0 Å². The highest BCUT2D eigenvalue weighted by atomic mass is 16.5. The molecule has 2 fully saturated rings. The SMILES string of the molecule is O=C(CC1CCOCC1)C1CCCCC1. The van der Waals surface area contributed by atoms with E-state index in [1.54, 1.807) is 0 Å². The molecule has 2 heteroatoms. The first kappa shape index (κ1) is 11.1. The van der Waals surface area contributed by atoms with Crippen LogP contribution >= 0.6 is 0 Å². The van der Waals surface area contributed by atoms with E-state index in [2.05, 4.69) is 0 Å². The summed E-state index contributed by atoms with van der Waals surface area (Å²) in [6.45, 7) is 1.73. The van der Waals surface area contributed by atoms with Crippen LogP contribution in [0.15, 0.2) is 0 Å². The van der Waals surface area contributed by atoms with E-state index in [1.165, 1.54) is 19.3 Å². The Kier molecular flexibility index (Phi) is 4.18. The molecule has 0 amide bonds. The second-order valence-electron chi connectivity index (χ2n) is 5.06.